The van der Waals surface area contributed by atoms with Gasteiger partial charge in [-0.1, -0.05) is 0 Å². The lowest BCUT2D eigenvalue weighted by molar-refractivity contribution is 0.511. The number of hydrogen-bond acceptors (Lipinski definition) is 3. The van der Waals surface area contributed by atoms with Crippen LogP contribution in [0.3, 0.4) is 0 Å². The van der Waals surface area contributed by atoms with Crippen molar-refractivity contribution in [2.45, 2.75) is 13.8 Å². The van der Waals surface area contributed by atoms with Crippen LogP contribution < -0.4 is 5.73 Å². The summed E-state index contributed by atoms with van der Waals surface area (Å²) in [6.07, 6.45) is 1.21. The Hall–Kier alpha value is -1.78. The minimum Gasteiger partial charge on any atom is -0.507 e. The Morgan fingerprint density at radius 2 is 2.14 bits per heavy atom. The number of nitrogens with two attached hydrogens (primary N) is 1. The Bertz CT molecular complexity index is 403. The Balaban J connectivity index is 3.25. The Labute approximate surface area is 82.4 Å². The van der Waals surface area contributed by atoms with E-state index >= 15 is 0 Å². The van der Waals surface area contributed by atoms with Gasteiger partial charge in [-0.05, 0) is 13.8 Å². The molecule has 1 aromatic rings. The number of rotatable bonds is 2. The minimum atomic E-state index is -0.176. The van der Waals surface area contributed by atoms with Gasteiger partial charge in [0.2, 0.25) is 0 Å². The van der Waals surface area contributed by atoms with Crippen molar-refractivity contribution in [3.05, 3.63) is 23.0 Å². The van der Waals surface area contributed by atoms with Gasteiger partial charge in [0.15, 0.2) is 0 Å². The van der Waals surface area contributed by atoms with Crippen molar-refractivity contribution in [1.29, 1.82) is 5.41 Å². The van der Waals surface area contributed by atoms with E-state index in [1.54, 1.807) is 18.7 Å². The van der Waals surface area contributed by atoms with Gasteiger partial charge in [-0.2, -0.15) is 5.10 Å². The minimum absolute atomic E-state index is 0.0133. The molecule has 0 bridgehead atoms. The number of aromatic nitrogens is 2. The Morgan fingerprint density at radius 1 is 1.57 bits per heavy atom. The maximum absolute atomic E-state index is 9.65. The van der Waals surface area contributed by atoms with E-state index in [4.69, 9.17) is 11.1 Å². The predicted molar refractivity (Wildman–Crippen MR) is 55.2 cm³/mol. The second-order valence-corrected chi connectivity index (χ2v) is 3.15. The molecule has 0 amide bonds. The molecule has 0 saturated heterocycles. The van der Waals surface area contributed by atoms with Crippen molar-refractivity contribution in [2.24, 2.45) is 12.8 Å². The summed E-state index contributed by atoms with van der Waals surface area (Å²) in [4.78, 5) is 0. The first-order valence-corrected chi connectivity index (χ1v) is 4.18. The van der Waals surface area contributed by atoms with Crippen molar-refractivity contribution in [2.75, 3.05) is 0 Å². The first-order valence-electron chi connectivity index (χ1n) is 4.18. The molecule has 0 aliphatic rings. The van der Waals surface area contributed by atoms with E-state index in [9.17, 15) is 5.11 Å². The molecule has 0 radical (unpaired) electrons. The van der Waals surface area contributed by atoms with E-state index in [2.05, 4.69) is 5.10 Å². The zero-order valence-electron chi connectivity index (χ0n) is 8.50. The van der Waals surface area contributed by atoms with Gasteiger partial charge in [0.1, 0.15) is 11.6 Å². The molecule has 0 aliphatic heterocycles. The first-order chi connectivity index (χ1) is 6.43. The van der Waals surface area contributed by atoms with Gasteiger partial charge in [-0.3, -0.25) is 10.1 Å². The highest BCUT2D eigenvalue weighted by atomic mass is 16.3. The summed E-state index contributed by atoms with van der Waals surface area (Å²) in [5.74, 6) is -0.189. The molecule has 0 atom stereocenters. The lowest BCUT2D eigenvalue weighted by Gasteiger charge is -2.00. The van der Waals surface area contributed by atoms with Crippen molar-refractivity contribution in [1.82, 2.24) is 9.78 Å². The summed E-state index contributed by atoms with van der Waals surface area (Å²) < 4.78 is 1.68. The summed E-state index contributed by atoms with van der Waals surface area (Å²) in [6, 6.07) is 0. The molecule has 0 aliphatic carbocycles. The molecule has 5 heteroatoms. The van der Waals surface area contributed by atoms with Gasteiger partial charge in [0.05, 0.1) is 11.3 Å². The molecule has 1 rings (SSSR count). The van der Waals surface area contributed by atoms with Crippen LogP contribution in [0, 0.1) is 19.3 Å². The predicted octanol–water partition coefficient (Wildman–Crippen LogP) is 0.872. The number of nitrogens with zero attached hydrogens (tertiary/aromatic N) is 2. The molecule has 0 spiro atoms. The fourth-order valence-electron chi connectivity index (χ4n) is 1.36. The fourth-order valence-corrected chi connectivity index (χ4v) is 1.36. The highest BCUT2D eigenvalue weighted by molar-refractivity contribution is 5.94. The molecule has 0 aromatic carbocycles. The first kappa shape index (κ1) is 10.3. The second kappa shape index (κ2) is 3.53. The average molecular weight is 194 g/mol. The maximum atomic E-state index is 9.65. The summed E-state index contributed by atoms with van der Waals surface area (Å²) in [7, 11) is 1.80. The third kappa shape index (κ3) is 1.76. The van der Waals surface area contributed by atoms with Crippen LogP contribution >= 0.6 is 0 Å². The van der Waals surface area contributed by atoms with Gasteiger partial charge >= 0.3 is 0 Å². The van der Waals surface area contributed by atoms with Crippen LogP contribution in [0.4, 0.5) is 0 Å². The molecule has 0 saturated carbocycles. The number of aryl methyl sites for hydroxylation is 2. The van der Waals surface area contributed by atoms with Gasteiger partial charge in [-0.15, -0.1) is 0 Å². The van der Waals surface area contributed by atoms with E-state index in [1.165, 1.54) is 6.08 Å². The standard InChI is InChI=1S/C9H14N4O/c1-5-9(6(2)13(3)12-5)7(14)4-8(10)11/h4,14H,1-3H3,(H3,10,11)/b7-4-. The monoisotopic (exact) mass is 194 g/mol. The topological polar surface area (TPSA) is 87.9 Å². The molecule has 5 nitrogen and oxygen atoms in total. The largest absolute Gasteiger partial charge is 0.507 e. The van der Waals surface area contributed by atoms with Crippen LogP contribution in [0.5, 0.6) is 0 Å². The van der Waals surface area contributed by atoms with Crippen LogP contribution in [0.2, 0.25) is 0 Å². The highest BCUT2D eigenvalue weighted by Gasteiger charge is 2.12. The molecule has 0 fully saturated rings. The fraction of sp³-hybridized carbons (Fsp3) is 0.333. The van der Waals surface area contributed by atoms with Crippen LogP contribution in [0.15, 0.2) is 6.08 Å². The third-order valence-electron chi connectivity index (χ3n) is 2.06. The van der Waals surface area contributed by atoms with Crippen molar-refractivity contribution >= 4 is 11.6 Å². The number of nitrogens with one attached hydrogen (secondary N) is 1. The quantitative estimate of drug-likeness (QED) is 0.371. The smallest absolute Gasteiger partial charge is 0.130 e. The van der Waals surface area contributed by atoms with Gasteiger partial charge < -0.3 is 10.8 Å². The zero-order chi connectivity index (χ0) is 10.9. The van der Waals surface area contributed by atoms with E-state index < -0.39 is 0 Å². The summed E-state index contributed by atoms with van der Waals surface area (Å²) in [5, 5.41) is 20.8. The lowest BCUT2D eigenvalue weighted by Crippen LogP contribution is -2.06. The molecule has 76 valence electrons. The number of aliphatic hydroxyl groups excluding tert-OH is 1. The second-order valence-electron chi connectivity index (χ2n) is 3.15. The number of aliphatic hydroxyl groups is 1. The summed E-state index contributed by atoms with van der Waals surface area (Å²) >= 11 is 0. The van der Waals surface area contributed by atoms with E-state index in [0.717, 1.165) is 11.4 Å². The van der Waals surface area contributed by atoms with Crippen LogP contribution in [-0.2, 0) is 7.05 Å². The third-order valence-corrected chi connectivity index (χ3v) is 2.06. The van der Waals surface area contributed by atoms with Crippen molar-refractivity contribution in [3.8, 4) is 0 Å². The number of amidine groups is 1. The van der Waals surface area contributed by atoms with Gasteiger partial charge in [0.25, 0.3) is 0 Å². The molecule has 0 unspecified atom stereocenters. The summed E-state index contributed by atoms with van der Waals surface area (Å²) in [5.41, 5.74) is 7.37. The molecule has 1 heterocycles. The molecule has 1 aromatic heterocycles. The van der Waals surface area contributed by atoms with Crippen molar-refractivity contribution in [3.63, 3.8) is 0 Å². The van der Waals surface area contributed by atoms with Gasteiger partial charge in [0, 0.05) is 18.8 Å². The van der Waals surface area contributed by atoms with Crippen LogP contribution in [0.25, 0.3) is 5.76 Å². The Morgan fingerprint density at radius 3 is 2.50 bits per heavy atom. The lowest BCUT2D eigenvalue weighted by atomic mass is 10.1. The maximum Gasteiger partial charge on any atom is 0.130 e. The molecular weight excluding hydrogens is 180 g/mol. The molecule has 14 heavy (non-hydrogen) atoms. The normalized spacial score (nSPS) is 11.8. The zero-order valence-corrected chi connectivity index (χ0v) is 8.50. The van der Waals surface area contributed by atoms with E-state index in [1.807, 2.05) is 6.92 Å². The van der Waals surface area contributed by atoms with Crippen LogP contribution in [0.1, 0.15) is 17.0 Å². The highest BCUT2D eigenvalue weighted by Crippen LogP contribution is 2.19. The van der Waals surface area contributed by atoms with E-state index in [0.29, 0.717) is 5.56 Å². The average Bonchev–Trinajstić information content (AvgIpc) is 2.25. The molecular formula is C9H14N4O. The number of hydrogen-bond donors (Lipinski definition) is 3. The summed E-state index contributed by atoms with van der Waals surface area (Å²) in [6.45, 7) is 3.64. The SMILES string of the molecule is Cc1nn(C)c(C)c1/C(O)=C/C(=N)N. The van der Waals surface area contributed by atoms with Crippen LogP contribution in [-0.4, -0.2) is 20.7 Å². The Kier molecular flexibility index (Phi) is 2.60. The van der Waals surface area contributed by atoms with Gasteiger partial charge in [-0.25, -0.2) is 0 Å². The molecule has 4 N–H and O–H groups in total. The van der Waals surface area contributed by atoms with Crippen molar-refractivity contribution < 1.29 is 5.11 Å². The van der Waals surface area contributed by atoms with E-state index in [-0.39, 0.29) is 11.6 Å².